The molecule has 1 aromatic rings. The lowest BCUT2D eigenvalue weighted by atomic mass is 9.78. The fourth-order valence-electron chi connectivity index (χ4n) is 3.37. The first-order chi connectivity index (χ1) is 11.8. The molecule has 3 atom stereocenters. The fourth-order valence-corrected chi connectivity index (χ4v) is 3.37. The molecule has 8 heteroatoms. The van der Waals surface area contributed by atoms with Crippen LogP contribution < -0.4 is 22.3 Å². The average molecular weight is 352 g/mol. The predicted octanol–water partition coefficient (Wildman–Crippen LogP) is 0.180. The molecule has 0 bridgehead atoms. The van der Waals surface area contributed by atoms with Crippen LogP contribution in [0.5, 0.6) is 0 Å². The van der Waals surface area contributed by atoms with Crippen LogP contribution in [-0.4, -0.2) is 34.8 Å². The van der Waals surface area contributed by atoms with Gasteiger partial charge < -0.3 is 15.8 Å². The molecule has 0 aliphatic heterocycles. The van der Waals surface area contributed by atoms with Gasteiger partial charge in [0.15, 0.2) is 0 Å². The molecular formula is C17H28N4O4. The smallest absolute Gasteiger partial charge is 0.333 e. The molecule has 1 saturated carbocycles. The van der Waals surface area contributed by atoms with Crippen molar-refractivity contribution in [3.05, 3.63) is 26.9 Å². The minimum atomic E-state index is -0.595. The van der Waals surface area contributed by atoms with Crippen molar-refractivity contribution in [3.8, 4) is 0 Å². The van der Waals surface area contributed by atoms with Crippen LogP contribution in [0.1, 0.15) is 33.1 Å². The van der Waals surface area contributed by atoms with Crippen molar-refractivity contribution in [1.82, 2.24) is 14.5 Å². The van der Waals surface area contributed by atoms with E-state index >= 15 is 0 Å². The summed E-state index contributed by atoms with van der Waals surface area (Å²) < 4.78 is 7.10. The van der Waals surface area contributed by atoms with E-state index in [9.17, 15) is 14.4 Å². The zero-order valence-corrected chi connectivity index (χ0v) is 15.2. The van der Waals surface area contributed by atoms with Crippen LogP contribution in [0.15, 0.2) is 15.7 Å². The van der Waals surface area contributed by atoms with Crippen LogP contribution >= 0.6 is 0 Å². The molecular weight excluding hydrogens is 324 g/mol. The van der Waals surface area contributed by atoms with Crippen molar-refractivity contribution < 1.29 is 9.53 Å². The highest BCUT2D eigenvalue weighted by atomic mass is 16.5. The Morgan fingerprint density at radius 3 is 2.72 bits per heavy atom. The minimum Gasteiger partial charge on any atom is -0.385 e. The van der Waals surface area contributed by atoms with Gasteiger partial charge in [-0.3, -0.25) is 18.7 Å². The van der Waals surface area contributed by atoms with Gasteiger partial charge in [-0.25, -0.2) is 4.79 Å². The van der Waals surface area contributed by atoms with Crippen LogP contribution in [0.3, 0.4) is 0 Å². The fraction of sp³-hybridized carbons (Fsp3) is 0.706. The molecule has 2 rings (SSSR count). The number of nitrogen functional groups attached to an aromatic ring is 1. The maximum atomic E-state index is 12.5. The standard InChI is InChI=1S/C17H28N4O4/c1-11-5-4-6-13(12(11)2)19-15(22)10-21-16(23)9-14(18)20(17(21)24)7-8-25-3/h9,11-13H,4-8,10,18H2,1-3H3,(H,19,22). The number of carbonyl (C=O) groups is 1. The number of carbonyl (C=O) groups excluding carboxylic acids is 1. The van der Waals surface area contributed by atoms with Gasteiger partial charge >= 0.3 is 5.69 Å². The molecule has 25 heavy (non-hydrogen) atoms. The largest absolute Gasteiger partial charge is 0.385 e. The van der Waals surface area contributed by atoms with Gasteiger partial charge in [-0.05, 0) is 18.3 Å². The van der Waals surface area contributed by atoms with E-state index in [1.54, 1.807) is 0 Å². The number of rotatable bonds is 6. The van der Waals surface area contributed by atoms with E-state index in [1.807, 2.05) is 0 Å². The van der Waals surface area contributed by atoms with Crippen molar-refractivity contribution in [2.75, 3.05) is 19.5 Å². The van der Waals surface area contributed by atoms with Crippen molar-refractivity contribution in [2.45, 2.75) is 52.2 Å². The highest BCUT2D eigenvalue weighted by Gasteiger charge is 2.28. The summed E-state index contributed by atoms with van der Waals surface area (Å²) in [6.07, 6.45) is 3.16. The Hall–Kier alpha value is -2.09. The van der Waals surface area contributed by atoms with Crippen molar-refractivity contribution in [2.24, 2.45) is 11.8 Å². The maximum absolute atomic E-state index is 12.5. The highest BCUT2D eigenvalue weighted by molar-refractivity contribution is 5.76. The lowest BCUT2D eigenvalue weighted by Crippen LogP contribution is -2.48. The van der Waals surface area contributed by atoms with Crippen LogP contribution in [0.4, 0.5) is 5.82 Å². The van der Waals surface area contributed by atoms with E-state index in [4.69, 9.17) is 10.5 Å². The second-order valence-corrected chi connectivity index (χ2v) is 6.86. The lowest BCUT2D eigenvalue weighted by Gasteiger charge is -2.34. The summed E-state index contributed by atoms with van der Waals surface area (Å²) >= 11 is 0. The van der Waals surface area contributed by atoms with Crippen LogP contribution in [0, 0.1) is 11.8 Å². The third kappa shape index (κ3) is 4.50. The molecule has 3 N–H and O–H groups in total. The molecule has 0 saturated heterocycles. The van der Waals surface area contributed by atoms with Crippen molar-refractivity contribution in [1.29, 1.82) is 0 Å². The molecule has 0 radical (unpaired) electrons. The number of amides is 1. The summed E-state index contributed by atoms with van der Waals surface area (Å²) in [5, 5.41) is 2.98. The Kier molecular flexibility index (Phi) is 6.41. The Balaban J connectivity index is 2.15. The number of anilines is 1. The number of aromatic nitrogens is 2. The zero-order valence-electron chi connectivity index (χ0n) is 15.2. The molecule has 1 amide bonds. The molecule has 140 valence electrons. The molecule has 1 aliphatic rings. The summed E-state index contributed by atoms with van der Waals surface area (Å²) in [7, 11) is 1.51. The van der Waals surface area contributed by atoms with Crippen LogP contribution in [0.2, 0.25) is 0 Å². The van der Waals surface area contributed by atoms with E-state index in [-0.39, 0.29) is 37.5 Å². The first kappa shape index (κ1) is 19.2. The summed E-state index contributed by atoms with van der Waals surface area (Å²) in [5.41, 5.74) is 4.57. The molecule has 1 aliphatic carbocycles. The summed E-state index contributed by atoms with van der Waals surface area (Å²) in [6, 6.07) is 1.24. The monoisotopic (exact) mass is 352 g/mol. The third-order valence-electron chi connectivity index (χ3n) is 5.18. The van der Waals surface area contributed by atoms with Gasteiger partial charge in [-0.2, -0.15) is 0 Å². The quantitative estimate of drug-likeness (QED) is 0.759. The van der Waals surface area contributed by atoms with Gasteiger partial charge in [0.2, 0.25) is 5.91 Å². The summed E-state index contributed by atoms with van der Waals surface area (Å²) in [4.78, 5) is 36.9. The predicted molar refractivity (Wildman–Crippen MR) is 95.4 cm³/mol. The Labute approximate surface area is 147 Å². The lowest BCUT2D eigenvalue weighted by molar-refractivity contribution is -0.123. The zero-order chi connectivity index (χ0) is 18.6. The molecule has 0 aromatic carbocycles. The van der Waals surface area contributed by atoms with Crippen LogP contribution in [0.25, 0.3) is 0 Å². The normalized spacial score (nSPS) is 23.4. The average Bonchev–Trinajstić information content (AvgIpc) is 2.55. The van der Waals surface area contributed by atoms with Crippen molar-refractivity contribution >= 4 is 11.7 Å². The SMILES string of the molecule is COCCn1c(N)cc(=O)n(CC(=O)NC2CCCC(C)C2C)c1=O. The molecule has 1 aromatic heterocycles. The minimum absolute atomic E-state index is 0.0680. The van der Waals surface area contributed by atoms with Crippen LogP contribution in [-0.2, 0) is 22.6 Å². The molecule has 8 nitrogen and oxygen atoms in total. The van der Waals surface area contributed by atoms with E-state index in [0.717, 1.165) is 29.9 Å². The second-order valence-electron chi connectivity index (χ2n) is 6.86. The van der Waals surface area contributed by atoms with Gasteiger partial charge in [-0.15, -0.1) is 0 Å². The maximum Gasteiger partial charge on any atom is 0.333 e. The van der Waals surface area contributed by atoms with E-state index in [0.29, 0.717) is 11.8 Å². The molecule has 3 unspecified atom stereocenters. The van der Waals surface area contributed by atoms with Gasteiger partial charge in [-0.1, -0.05) is 26.7 Å². The number of hydrogen-bond donors (Lipinski definition) is 2. The molecule has 1 fully saturated rings. The highest BCUT2D eigenvalue weighted by Crippen LogP contribution is 2.29. The van der Waals surface area contributed by atoms with Gasteiger partial charge in [0.05, 0.1) is 13.2 Å². The second kappa shape index (κ2) is 8.33. The summed E-state index contributed by atoms with van der Waals surface area (Å²) in [6.45, 7) is 4.51. The number of methoxy groups -OCH3 is 1. The topological polar surface area (TPSA) is 108 Å². The number of ether oxygens (including phenoxy) is 1. The van der Waals surface area contributed by atoms with E-state index in [2.05, 4.69) is 19.2 Å². The number of nitrogens with zero attached hydrogens (tertiary/aromatic N) is 2. The molecule has 1 heterocycles. The van der Waals surface area contributed by atoms with E-state index in [1.165, 1.54) is 11.7 Å². The number of nitrogens with two attached hydrogens (primary N) is 1. The Bertz CT molecular complexity index is 724. The van der Waals surface area contributed by atoms with E-state index < -0.39 is 11.2 Å². The van der Waals surface area contributed by atoms with Gasteiger partial charge in [0.25, 0.3) is 5.56 Å². The van der Waals surface area contributed by atoms with Gasteiger partial charge in [0.1, 0.15) is 12.4 Å². The number of nitrogens with one attached hydrogen (secondary N) is 1. The van der Waals surface area contributed by atoms with Crippen molar-refractivity contribution in [3.63, 3.8) is 0 Å². The Morgan fingerprint density at radius 2 is 2.04 bits per heavy atom. The number of hydrogen-bond acceptors (Lipinski definition) is 5. The first-order valence-corrected chi connectivity index (χ1v) is 8.73. The third-order valence-corrected chi connectivity index (χ3v) is 5.18. The van der Waals surface area contributed by atoms with Gasteiger partial charge in [0, 0.05) is 19.2 Å². The molecule has 0 spiro atoms. The summed E-state index contributed by atoms with van der Waals surface area (Å²) in [5.74, 6) is 0.662. The Morgan fingerprint density at radius 1 is 1.32 bits per heavy atom. The first-order valence-electron chi connectivity index (χ1n) is 8.73.